The number of carbonyl (C=O) groups is 1. The van der Waals surface area contributed by atoms with Gasteiger partial charge >= 0.3 is 0 Å². The van der Waals surface area contributed by atoms with Crippen molar-refractivity contribution in [3.63, 3.8) is 0 Å². The van der Waals surface area contributed by atoms with Crippen molar-refractivity contribution in [3.8, 4) is 11.5 Å². The molecule has 0 heterocycles. The molecule has 4 heteroatoms. The third kappa shape index (κ3) is 3.24. The van der Waals surface area contributed by atoms with E-state index in [1.807, 2.05) is 6.92 Å². The molecule has 4 nitrogen and oxygen atoms in total. The smallest absolute Gasteiger partial charge is 0.162 e. The minimum absolute atomic E-state index is 0.0965. The maximum atomic E-state index is 10.6. The molecule has 0 fully saturated rings. The first-order valence-corrected chi connectivity index (χ1v) is 5.00. The number of rotatable bonds is 6. The van der Waals surface area contributed by atoms with Gasteiger partial charge in [0.05, 0.1) is 13.7 Å². The molecule has 0 bridgehead atoms. The van der Waals surface area contributed by atoms with Gasteiger partial charge in [0, 0.05) is 12.7 Å². The van der Waals surface area contributed by atoms with Gasteiger partial charge < -0.3 is 14.2 Å². The highest BCUT2D eigenvalue weighted by atomic mass is 16.5. The monoisotopic (exact) mass is 224 g/mol. The molecular formula is C12H16O4. The van der Waals surface area contributed by atoms with Crippen LogP contribution in [0.5, 0.6) is 11.5 Å². The Bertz CT molecular complexity index is 349. The first-order chi connectivity index (χ1) is 7.71. The molecule has 16 heavy (non-hydrogen) atoms. The lowest BCUT2D eigenvalue weighted by atomic mass is 10.2. The SMILES string of the molecule is COCC(C)Oc1cc(C=O)ccc1OC. The van der Waals surface area contributed by atoms with E-state index in [1.165, 1.54) is 0 Å². The van der Waals surface area contributed by atoms with Crippen molar-refractivity contribution in [1.29, 1.82) is 0 Å². The molecule has 0 aliphatic carbocycles. The van der Waals surface area contributed by atoms with Crippen molar-refractivity contribution in [2.45, 2.75) is 13.0 Å². The summed E-state index contributed by atoms with van der Waals surface area (Å²) in [5.74, 6) is 1.16. The van der Waals surface area contributed by atoms with Crippen LogP contribution < -0.4 is 9.47 Å². The van der Waals surface area contributed by atoms with Crippen LogP contribution >= 0.6 is 0 Å². The molecule has 0 radical (unpaired) electrons. The van der Waals surface area contributed by atoms with E-state index in [9.17, 15) is 4.79 Å². The largest absolute Gasteiger partial charge is 0.493 e. The number of methoxy groups -OCH3 is 2. The highest BCUT2D eigenvalue weighted by Gasteiger charge is 2.09. The molecule has 1 unspecified atom stereocenters. The van der Waals surface area contributed by atoms with E-state index >= 15 is 0 Å². The quantitative estimate of drug-likeness (QED) is 0.692. The topological polar surface area (TPSA) is 44.8 Å². The first-order valence-electron chi connectivity index (χ1n) is 5.00. The Morgan fingerprint density at radius 1 is 1.31 bits per heavy atom. The third-order valence-electron chi connectivity index (χ3n) is 2.05. The number of aldehydes is 1. The number of hydrogen-bond donors (Lipinski definition) is 0. The fourth-order valence-electron chi connectivity index (χ4n) is 1.34. The van der Waals surface area contributed by atoms with Crippen LogP contribution in [0.3, 0.4) is 0 Å². The molecular weight excluding hydrogens is 208 g/mol. The molecule has 0 aromatic heterocycles. The van der Waals surface area contributed by atoms with E-state index in [-0.39, 0.29) is 6.10 Å². The van der Waals surface area contributed by atoms with E-state index < -0.39 is 0 Å². The van der Waals surface area contributed by atoms with E-state index in [0.717, 1.165) is 6.29 Å². The molecule has 1 atom stereocenters. The van der Waals surface area contributed by atoms with E-state index in [0.29, 0.717) is 23.7 Å². The number of ether oxygens (including phenoxy) is 3. The van der Waals surface area contributed by atoms with Crippen molar-refractivity contribution >= 4 is 6.29 Å². The van der Waals surface area contributed by atoms with Gasteiger partial charge in [-0.2, -0.15) is 0 Å². The Kier molecular flexibility index (Phi) is 4.79. The average molecular weight is 224 g/mol. The standard InChI is InChI=1S/C12H16O4/c1-9(8-14-2)16-12-6-10(7-13)4-5-11(12)15-3/h4-7,9H,8H2,1-3H3. The summed E-state index contributed by atoms with van der Waals surface area (Å²) in [6, 6.07) is 5.04. The van der Waals surface area contributed by atoms with Gasteiger partial charge in [-0.05, 0) is 25.1 Å². The molecule has 0 spiro atoms. The average Bonchev–Trinajstić information content (AvgIpc) is 2.29. The Morgan fingerprint density at radius 3 is 2.62 bits per heavy atom. The molecule has 1 rings (SSSR count). The lowest BCUT2D eigenvalue weighted by Gasteiger charge is -2.16. The fraction of sp³-hybridized carbons (Fsp3) is 0.417. The van der Waals surface area contributed by atoms with Crippen LogP contribution in [-0.4, -0.2) is 33.2 Å². The van der Waals surface area contributed by atoms with Crippen LogP contribution in [0.2, 0.25) is 0 Å². The van der Waals surface area contributed by atoms with Crippen molar-refractivity contribution in [1.82, 2.24) is 0 Å². The lowest BCUT2D eigenvalue weighted by molar-refractivity contribution is 0.0898. The molecule has 88 valence electrons. The predicted molar refractivity (Wildman–Crippen MR) is 60.3 cm³/mol. The maximum Gasteiger partial charge on any atom is 0.162 e. The van der Waals surface area contributed by atoms with Gasteiger partial charge in [0.15, 0.2) is 11.5 Å². The summed E-state index contributed by atoms with van der Waals surface area (Å²) in [5, 5.41) is 0. The second-order valence-corrected chi connectivity index (χ2v) is 3.41. The normalized spacial score (nSPS) is 11.9. The first kappa shape index (κ1) is 12.5. The van der Waals surface area contributed by atoms with E-state index in [2.05, 4.69) is 0 Å². The highest BCUT2D eigenvalue weighted by molar-refractivity contribution is 5.76. The number of benzene rings is 1. The predicted octanol–water partition coefficient (Wildman–Crippen LogP) is 1.92. The van der Waals surface area contributed by atoms with Gasteiger partial charge in [-0.15, -0.1) is 0 Å². The molecule has 0 aliphatic rings. The van der Waals surface area contributed by atoms with Crippen LogP contribution in [-0.2, 0) is 4.74 Å². The molecule has 0 amide bonds. The zero-order valence-corrected chi connectivity index (χ0v) is 9.73. The van der Waals surface area contributed by atoms with Gasteiger partial charge in [-0.3, -0.25) is 4.79 Å². The third-order valence-corrected chi connectivity index (χ3v) is 2.05. The van der Waals surface area contributed by atoms with Gasteiger partial charge in [-0.1, -0.05) is 0 Å². The fourth-order valence-corrected chi connectivity index (χ4v) is 1.34. The van der Waals surface area contributed by atoms with Crippen LogP contribution in [0, 0.1) is 0 Å². The Labute approximate surface area is 95.1 Å². The second-order valence-electron chi connectivity index (χ2n) is 3.41. The van der Waals surface area contributed by atoms with Crippen LogP contribution in [0.15, 0.2) is 18.2 Å². The molecule has 1 aromatic carbocycles. The van der Waals surface area contributed by atoms with Crippen molar-refractivity contribution in [2.75, 3.05) is 20.8 Å². The zero-order chi connectivity index (χ0) is 12.0. The van der Waals surface area contributed by atoms with Crippen molar-refractivity contribution in [2.24, 2.45) is 0 Å². The Balaban J connectivity index is 2.86. The summed E-state index contributed by atoms with van der Waals surface area (Å²) in [6.07, 6.45) is 0.675. The van der Waals surface area contributed by atoms with E-state index in [4.69, 9.17) is 14.2 Å². The minimum Gasteiger partial charge on any atom is -0.493 e. The minimum atomic E-state index is -0.0965. The van der Waals surface area contributed by atoms with Gasteiger partial charge in [-0.25, -0.2) is 0 Å². The lowest BCUT2D eigenvalue weighted by Crippen LogP contribution is -2.18. The zero-order valence-electron chi connectivity index (χ0n) is 9.73. The molecule has 1 aromatic rings. The Morgan fingerprint density at radius 2 is 2.06 bits per heavy atom. The summed E-state index contributed by atoms with van der Waals surface area (Å²) >= 11 is 0. The second kappa shape index (κ2) is 6.12. The molecule has 0 aliphatic heterocycles. The molecule has 0 saturated carbocycles. The summed E-state index contributed by atoms with van der Waals surface area (Å²) < 4.78 is 15.7. The van der Waals surface area contributed by atoms with Gasteiger partial charge in [0.2, 0.25) is 0 Å². The summed E-state index contributed by atoms with van der Waals surface area (Å²) in [7, 11) is 3.17. The van der Waals surface area contributed by atoms with Crippen molar-refractivity contribution < 1.29 is 19.0 Å². The van der Waals surface area contributed by atoms with Crippen LogP contribution in [0.4, 0.5) is 0 Å². The van der Waals surface area contributed by atoms with E-state index in [1.54, 1.807) is 32.4 Å². The number of hydrogen-bond acceptors (Lipinski definition) is 4. The van der Waals surface area contributed by atoms with Crippen LogP contribution in [0.25, 0.3) is 0 Å². The van der Waals surface area contributed by atoms with Gasteiger partial charge in [0.25, 0.3) is 0 Å². The number of carbonyl (C=O) groups excluding carboxylic acids is 1. The highest BCUT2D eigenvalue weighted by Crippen LogP contribution is 2.28. The summed E-state index contributed by atoms with van der Waals surface area (Å²) in [5.41, 5.74) is 0.556. The van der Waals surface area contributed by atoms with Gasteiger partial charge in [0.1, 0.15) is 12.4 Å². The summed E-state index contributed by atoms with van der Waals surface area (Å²) in [4.78, 5) is 10.6. The van der Waals surface area contributed by atoms with Crippen molar-refractivity contribution in [3.05, 3.63) is 23.8 Å². The maximum absolute atomic E-state index is 10.6. The van der Waals surface area contributed by atoms with Crippen LogP contribution in [0.1, 0.15) is 17.3 Å². The summed E-state index contributed by atoms with van der Waals surface area (Å²) in [6.45, 7) is 2.37. The molecule has 0 saturated heterocycles. The molecule has 0 N–H and O–H groups in total. The Hall–Kier alpha value is -1.55.